The van der Waals surface area contributed by atoms with Crippen molar-refractivity contribution < 1.29 is 21.6 Å². The standard InChI is InChI=1S/C12H13F3N4O2S/c1-18-7-6-16-10(18)8-19(2)22(20,21)11-9(12(13,14)15)4-3-5-17-11/h3-7H,8H2,1-2H3. The summed E-state index contributed by atoms with van der Waals surface area (Å²) in [6.45, 7) is -0.167. The van der Waals surface area contributed by atoms with E-state index in [0.29, 0.717) is 11.9 Å². The van der Waals surface area contributed by atoms with Gasteiger partial charge in [0.05, 0.1) is 12.1 Å². The minimum Gasteiger partial charge on any atom is -0.337 e. The van der Waals surface area contributed by atoms with Crippen LogP contribution in [0.3, 0.4) is 0 Å². The Kier molecular flexibility index (Phi) is 4.25. The van der Waals surface area contributed by atoms with E-state index in [9.17, 15) is 21.6 Å². The van der Waals surface area contributed by atoms with Gasteiger partial charge in [-0.15, -0.1) is 0 Å². The second-order valence-electron chi connectivity index (χ2n) is 4.57. The van der Waals surface area contributed by atoms with Crippen molar-refractivity contribution in [1.29, 1.82) is 0 Å². The number of rotatable bonds is 4. The summed E-state index contributed by atoms with van der Waals surface area (Å²) < 4.78 is 65.9. The molecular weight excluding hydrogens is 321 g/mol. The van der Waals surface area contributed by atoms with Gasteiger partial charge in [0, 0.05) is 32.7 Å². The highest BCUT2D eigenvalue weighted by Crippen LogP contribution is 2.33. The van der Waals surface area contributed by atoms with Crippen molar-refractivity contribution >= 4 is 10.0 Å². The molecule has 2 aromatic rings. The van der Waals surface area contributed by atoms with Gasteiger partial charge in [0.25, 0.3) is 10.0 Å². The lowest BCUT2D eigenvalue weighted by atomic mass is 10.3. The molecule has 10 heteroatoms. The van der Waals surface area contributed by atoms with E-state index in [0.717, 1.165) is 16.6 Å². The fraction of sp³-hybridized carbons (Fsp3) is 0.333. The molecule has 0 N–H and O–H groups in total. The number of aryl methyl sites for hydroxylation is 1. The van der Waals surface area contributed by atoms with E-state index in [1.165, 1.54) is 13.2 Å². The van der Waals surface area contributed by atoms with E-state index >= 15 is 0 Å². The van der Waals surface area contributed by atoms with Crippen LogP contribution in [-0.2, 0) is 29.8 Å². The SMILES string of the molecule is CN(Cc1nccn1C)S(=O)(=O)c1ncccc1C(F)(F)F. The van der Waals surface area contributed by atoms with E-state index in [1.54, 1.807) is 17.8 Å². The number of sulfonamides is 1. The summed E-state index contributed by atoms with van der Waals surface area (Å²) in [5.41, 5.74) is -1.29. The van der Waals surface area contributed by atoms with E-state index in [2.05, 4.69) is 9.97 Å². The van der Waals surface area contributed by atoms with Gasteiger partial charge >= 0.3 is 6.18 Å². The second kappa shape index (κ2) is 5.69. The van der Waals surface area contributed by atoms with Crippen LogP contribution >= 0.6 is 0 Å². The Morgan fingerprint density at radius 3 is 2.50 bits per heavy atom. The number of pyridine rings is 1. The molecule has 0 saturated carbocycles. The zero-order chi connectivity index (χ0) is 16.5. The monoisotopic (exact) mass is 334 g/mol. The van der Waals surface area contributed by atoms with Crippen LogP contribution in [0.4, 0.5) is 13.2 Å². The van der Waals surface area contributed by atoms with Crippen LogP contribution in [0, 0.1) is 0 Å². The molecule has 0 aromatic carbocycles. The average Bonchev–Trinajstić information content (AvgIpc) is 2.83. The lowest BCUT2D eigenvalue weighted by Crippen LogP contribution is -2.30. The summed E-state index contributed by atoms with van der Waals surface area (Å²) in [6.07, 6.45) is -0.715. The molecule has 6 nitrogen and oxygen atoms in total. The molecule has 0 atom stereocenters. The van der Waals surface area contributed by atoms with Crippen molar-refractivity contribution in [3.05, 3.63) is 42.1 Å². The highest BCUT2D eigenvalue weighted by molar-refractivity contribution is 7.89. The van der Waals surface area contributed by atoms with Gasteiger partial charge in [0.15, 0.2) is 5.03 Å². The predicted molar refractivity (Wildman–Crippen MR) is 71.1 cm³/mol. The molecule has 0 spiro atoms. The van der Waals surface area contributed by atoms with Crippen molar-refractivity contribution in [2.24, 2.45) is 7.05 Å². The quantitative estimate of drug-likeness (QED) is 0.853. The predicted octanol–water partition coefficient (Wildman–Crippen LogP) is 1.65. The summed E-state index contributed by atoms with van der Waals surface area (Å²) >= 11 is 0. The van der Waals surface area contributed by atoms with Crippen LogP contribution in [0.25, 0.3) is 0 Å². The van der Waals surface area contributed by atoms with Crippen molar-refractivity contribution in [2.75, 3.05) is 7.05 Å². The van der Waals surface area contributed by atoms with Crippen LogP contribution in [0.15, 0.2) is 35.7 Å². The van der Waals surface area contributed by atoms with E-state index in [1.807, 2.05) is 0 Å². The number of hydrogen-bond donors (Lipinski definition) is 0. The molecule has 0 fully saturated rings. The summed E-state index contributed by atoms with van der Waals surface area (Å²) in [5, 5.41) is -1.01. The zero-order valence-electron chi connectivity index (χ0n) is 11.7. The minimum atomic E-state index is -4.80. The molecule has 2 aromatic heterocycles. The molecule has 2 heterocycles. The summed E-state index contributed by atoms with van der Waals surface area (Å²) in [5.74, 6) is 0.399. The summed E-state index contributed by atoms with van der Waals surface area (Å²) in [4.78, 5) is 7.36. The zero-order valence-corrected chi connectivity index (χ0v) is 12.6. The fourth-order valence-electron chi connectivity index (χ4n) is 1.79. The third kappa shape index (κ3) is 3.12. The van der Waals surface area contributed by atoms with Gasteiger partial charge in [-0.1, -0.05) is 0 Å². The number of imidazole rings is 1. The fourth-order valence-corrected chi connectivity index (χ4v) is 3.03. The van der Waals surface area contributed by atoms with Crippen LogP contribution < -0.4 is 0 Å². The Morgan fingerprint density at radius 1 is 1.27 bits per heavy atom. The van der Waals surface area contributed by atoms with Crippen LogP contribution in [-0.4, -0.2) is 34.3 Å². The summed E-state index contributed by atoms with van der Waals surface area (Å²) in [7, 11) is -1.56. The topological polar surface area (TPSA) is 68.1 Å². The Bertz CT molecular complexity index is 771. The van der Waals surface area contributed by atoms with Gasteiger partial charge in [-0.25, -0.2) is 18.4 Å². The van der Waals surface area contributed by atoms with E-state index in [-0.39, 0.29) is 6.54 Å². The van der Waals surface area contributed by atoms with Crippen molar-refractivity contribution in [2.45, 2.75) is 17.7 Å². The first-order valence-corrected chi connectivity index (χ1v) is 7.53. The number of nitrogens with zero attached hydrogens (tertiary/aromatic N) is 4. The lowest BCUT2D eigenvalue weighted by Gasteiger charge is -2.19. The van der Waals surface area contributed by atoms with Gasteiger partial charge in [-0.3, -0.25) is 0 Å². The third-order valence-electron chi connectivity index (χ3n) is 3.02. The van der Waals surface area contributed by atoms with Crippen molar-refractivity contribution in [3.63, 3.8) is 0 Å². The maximum Gasteiger partial charge on any atom is 0.419 e. The average molecular weight is 334 g/mol. The van der Waals surface area contributed by atoms with Gasteiger partial charge in [0.1, 0.15) is 5.82 Å². The first kappa shape index (κ1) is 16.4. The highest BCUT2D eigenvalue weighted by atomic mass is 32.2. The molecule has 0 amide bonds. The molecule has 0 aliphatic rings. The smallest absolute Gasteiger partial charge is 0.337 e. The van der Waals surface area contributed by atoms with E-state index < -0.39 is 26.8 Å². The molecule has 0 aliphatic heterocycles. The van der Waals surface area contributed by atoms with Gasteiger partial charge < -0.3 is 4.57 Å². The highest BCUT2D eigenvalue weighted by Gasteiger charge is 2.39. The molecular formula is C12H13F3N4O2S. The molecule has 120 valence electrons. The second-order valence-corrected chi connectivity index (χ2v) is 6.53. The molecule has 2 rings (SSSR count). The Labute approximate surface area is 125 Å². The molecule has 0 bridgehead atoms. The van der Waals surface area contributed by atoms with Crippen molar-refractivity contribution in [3.8, 4) is 0 Å². The Balaban J connectivity index is 2.41. The number of hydrogen-bond acceptors (Lipinski definition) is 4. The molecule has 0 unspecified atom stereocenters. The van der Waals surface area contributed by atoms with Gasteiger partial charge in [-0.2, -0.15) is 17.5 Å². The number of aromatic nitrogens is 3. The largest absolute Gasteiger partial charge is 0.419 e. The first-order valence-electron chi connectivity index (χ1n) is 6.09. The normalized spacial score (nSPS) is 12.8. The molecule has 0 saturated heterocycles. The van der Waals surface area contributed by atoms with Crippen LogP contribution in [0.1, 0.15) is 11.4 Å². The summed E-state index contributed by atoms with van der Waals surface area (Å²) in [6, 6.07) is 1.73. The molecule has 0 radical (unpaired) electrons. The molecule has 0 aliphatic carbocycles. The Hall–Kier alpha value is -1.94. The minimum absolute atomic E-state index is 0.167. The van der Waals surface area contributed by atoms with Gasteiger partial charge in [0.2, 0.25) is 0 Å². The maximum absolute atomic E-state index is 12.9. The first-order chi connectivity index (χ1) is 10.1. The number of halogens is 3. The van der Waals surface area contributed by atoms with Crippen LogP contribution in [0.2, 0.25) is 0 Å². The van der Waals surface area contributed by atoms with Crippen molar-refractivity contribution in [1.82, 2.24) is 18.8 Å². The lowest BCUT2D eigenvalue weighted by molar-refractivity contribution is -0.140. The molecule has 22 heavy (non-hydrogen) atoms. The van der Waals surface area contributed by atoms with Crippen LogP contribution in [0.5, 0.6) is 0 Å². The number of alkyl halides is 3. The van der Waals surface area contributed by atoms with Gasteiger partial charge in [-0.05, 0) is 12.1 Å². The third-order valence-corrected chi connectivity index (χ3v) is 4.78. The maximum atomic E-state index is 12.9. The Morgan fingerprint density at radius 2 is 1.95 bits per heavy atom. The van der Waals surface area contributed by atoms with E-state index in [4.69, 9.17) is 0 Å².